The fourth-order valence-corrected chi connectivity index (χ4v) is 7.30. The van der Waals surface area contributed by atoms with E-state index in [0.29, 0.717) is 52.2 Å². The number of fused-ring (bicyclic) bond motifs is 5. The Morgan fingerprint density at radius 2 is 2.15 bits per heavy atom. The zero-order valence-corrected chi connectivity index (χ0v) is 22.9. The summed E-state index contributed by atoms with van der Waals surface area (Å²) in [5, 5.41) is 28.7. The van der Waals surface area contributed by atoms with E-state index < -0.39 is 11.9 Å². The van der Waals surface area contributed by atoms with E-state index in [2.05, 4.69) is 10.6 Å². The van der Waals surface area contributed by atoms with Crippen molar-refractivity contribution in [2.45, 2.75) is 69.1 Å². The molecule has 2 aromatic heterocycles. The lowest BCUT2D eigenvalue weighted by Crippen LogP contribution is -2.47. The summed E-state index contributed by atoms with van der Waals surface area (Å²) in [6, 6.07) is 2.78. The number of ether oxygens (including phenoxy) is 1. The number of aromatic nitrogens is 2. The molecule has 5 heterocycles. The first-order chi connectivity index (χ1) is 18.7. The maximum Gasteiger partial charge on any atom is 0.257 e. The molecule has 11 heteroatoms. The van der Waals surface area contributed by atoms with Crippen molar-refractivity contribution < 1.29 is 24.1 Å². The van der Waals surface area contributed by atoms with E-state index in [1.165, 1.54) is 17.8 Å². The van der Waals surface area contributed by atoms with Crippen LogP contribution < -0.4 is 16.2 Å². The lowest BCUT2D eigenvalue weighted by atomic mass is 9.85. The number of pyridine rings is 2. The van der Waals surface area contributed by atoms with Gasteiger partial charge in [-0.3, -0.25) is 9.59 Å². The standard InChI is InChI=1S/C28H31FN4O5S/c1-4-28(37)16-8-20-24-14(10-33(20)26(35)15(16)11-38-27(28)36)22-19(31-21(34)6-5-7-30-3)12-39-25-13(2)17(29)9-18(32-24)23(22)25/h8-9,19,27,30,36-37H,4-7,10-12H2,1-3H3,(H,31,34)/t19-,27?,28+/m1/s1. The van der Waals surface area contributed by atoms with Crippen molar-refractivity contribution in [1.82, 2.24) is 20.2 Å². The summed E-state index contributed by atoms with van der Waals surface area (Å²) in [7, 11) is 1.84. The lowest BCUT2D eigenvalue weighted by molar-refractivity contribution is -0.236. The lowest BCUT2D eigenvalue weighted by Gasteiger charge is -2.37. The van der Waals surface area contributed by atoms with Gasteiger partial charge in [0.2, 0.25) is 5.91 Å². The normalized spacial score (nSPS) is 22.9. The number of nitrogens with one attached hydrogen (secondary N) is 2. The summed E-state index contributed by atoms with van der Waals surface area (Å²) >= 11 is 1.50. The van der Waals surface area contributed by atoms with Gasteiger partial charge in [-0.2, -0.15) is 0 Å². The molecule has 3 aromatic rings. The van der Waals surface area contributed by atoms with E-state index in [4.69, 9.17) is 9.72 Å². The molecule has 4 N–H and O–H groups in total. The molecule has 0 fully saturated rings. The number of carbonyl (C=O) groups is 1. The van der Waals surface area contributed by atoms with E-state index in [1.54, 1.807) is 24.5 Å². The van der Waals surface area contributed by atoms with Gasteiger partial charge in [-0.05, 0) is 50.6 Å². The summed E-state index contributed by atoms with van der Waals surface area (Å²) in [4.78, 5) is 32.2. The molecule has 9 nitrogen and oxygen atoms in total. The summed E-state index contributed by atoms with van der Waals surface area (Å²) in [5.41, 5.74) is 2.22. The number of halogens is 1. The highest BCUT2D eigenvalue weighted by molar-refractivity contribution is 7.99. The average Bonchev–Trinajstić information content (AvgIpc) is 3.29. The van der Waals surface area contributed by atoms with Crippen molar-refractivity contribution in [2.75, 3.05) is 19.3 Å². The second-order valence-corrected chi connectivity index (χ2v) is 11.5. The van der Waals surface area contributed by atoms with Crippen molar-refractivity contribution >= 4 is 28.6 Å². The number of aliphatic hydroxyl groups is 2. The van der Waals surface area contributed by atoms with Crippen molar-refractivity contribution in [3.63, 3.8) is 0 Å². The van der Waals surface area contributed by atoms with Crippen molar-refractivity contribution in [3.05, 3.63) is 56.1 Å². The highest BCUT2D eigenvalue weighted by atomic mass is 32.2. The number of amides is 1. The molecule has 0 bridgehead atoms. The zero-order valence-electron chi connectivity index (χ0n) is 22.1. The van der Waals surface area contributed by atoms with E-state index >= 15 is 4.39 Å². The van der Waals surface area contributed by atoms with Crippen LogP contribution in [-0.4, -0.2) is 51.3 Å². The highest BCUT2D eigenvalue weighted by Crippen LogP contribution is 2.48. The Hall–Kier alpha value is -2.83. The SMILES string of the molecule is CC[C@]1(O)c2cc3n(c(=O)c2COC1O)Cc1c-3nc2cc(F)c(C)c3c2c1[C@H](NC(=O)CCCNC)CS3. The maximum absolute atomic E-state index is 15.0. The van der Waals surface area contributed by atoms with Crippen LogP contribution in [0.15, 0.2) is 21.8 Å². The molecule has 0 saturated carbocycles. The minimum atomic E-state index is -1.74. The highest BCUT2D eigenvalue weighted by Gasteiger charge is 2.45. The predicted molar refractivity (Wildman–Crippen MR) is 145 cm³/mol. The van der Waals surface area contributed by atoms with Gasteiger partial charge in [0.05, 0.1) is 36.1 Å². The smallest absolute Gasteiger partial charge is 0.257 e. The van der Waals surface area contributed by atoms with Gasteiger partial charge in [-0.1, -0.05) is 6.92 Å². The molecule has 6 rings (SSSR count). The van der Waals surface area contributed by atoms with Crippen molar-refractivity contribution in [2.24, 2.45) is 0 Å². The second-order valence-electron chi connectivity index (χ2n) is 10.5. The van der Waals surface area contributed by atoms with E-state index in [9.17, 15) is 19.8 Å². The van der Waals surface area contributed by atoms with Crippen LogP contribution in [0.2, 0.25) is 0 Å². The van der Waals surface area contributed by atoms with E-state index in [1.807, 2.05) is 7.05 Å². The van der Waals surface area contributed by atoms with Gasteiger partial charge in [-0.25, -0.2) is 9.37 Å². The molecule has 0 radical (unpaired) electrons. The van der Waals surface area contributed by atoms with Crippen LogP contribution >= 0.6 is 11.8 Å². The number of aliphatic hydroxyl groups excluding tert-OH is 1. The summed E-state index contributed by atoms with van der Waals surface area (Å²) < 4.78 is 22.0. The molecule has 1 amide bonds. The third-order valence-electron chi connectivity index (χ3n) is 8.23. The number of nitrogens with zero attached hydrogens (tertiary/aromatic N) is 2. The summed E-state index contributed by atoms with van der Waals surface area (Å²) in [6.07, 6.45) is -0.255. The number of rotatable bonds is 6. The van der Waals surface area contributed by atoms with Crippen molar-refractivity contribution in [3.8, 4) is 11.4 Å². The Morgan fingerprint density at radius 3 is 2.90 bits per heavy atom. The van der Waals surface area contributed by atoms with Crippen LogP contribution in [0.3, 0.4) is 0 Å². The largest absolute Gasteiger partial charge is 0.380 e. The molecule has 0 spiro atoms. The van der Waals surface area contributed by atoms with Crippen LogP contribution in [0.1, 0.15) is 60.0 Å². The van der Waals surface area contributed by atoms with Gasteiger partial charge >= 0.3 is 0 Å². The summed E-state index contributed by atoms with van der Waals surface area (Å²) in [6.45, 7) is 4.30. The molecule has 3 aliphatic rings. The predicted octanol–water partition coefficient (Wildman–Crippen LogP) is 2.58. The van der Waals surface area contributed by atoms with Gasteiger partial charge in [0, 0.05) is 45.2 Å². The first kappa shape index (κ1) is 26.4. The number of hydrogen-bond acceptors (Lipinski definition) is 8. The van der Waals surface area contributed by atoms with Crippen LogP contribution in [0.5, 0.6) is 0 Å². The monoisotopic (exact) mass is 554 g/mol. The number of carbonyl (C=O) groups excluding carboxylic acids is 1. The Labute approximate surface area is 228 Å². The fourth-order valence-electron chi connectivity index (χ4n) is 6.05. The third kappa shape index (κ3) is 3.93. The van der Waals surface area contributed by atoms with Crippen LogP contribution in [0.4, 0.5) is 4.39 Å². The van der Waals surface area contributed by atoms with Gasteiger partial charge < -0.3 is 30.2 Å². The van der Waals surface area contributed by atoms with E-state index in [0.717, 1.165) is 28.0 Å². The number of hydrogen-bond donors (Lipinski definition) is 4. The minimum absolute atomic E-state index is 0.0702. The topological polar surface area (TPSA) is 126 Å². The average molecular weight is 555 g/mol. The first-order valence-electron chi connectivity index (χ1n) is 13.2. The molecule has 206 valence electrons. The van der Waals surface area contributed by atoms with Gasteiger partial charge in [0.1, 0.15) is 11.4 Å². The molecule has 3 atom stereocenters. The summed E-state index contributed by atoms with van der Waals surface area (Å²) in [5.74, 6) is 0.0939. The quantitative estimate of drug-likeness (QED) is 0.268. The van der Waals surface area contributed by atoms with Crippen molar-refractivity contribution in [1.29, 1.82) is 0 Å². The molecule has 39 heavy (non-hydrogen) atoms. The molecule has 0 saturated heterocycles. The van der Waals surface area contributed by atoms with Crippen LogP contribution in [-0.2, 0) is 28.3 Å². The zero-order chi connectivity index (χ0) is 27.6. The number of thioether (sulfide) groups is 1. The molecule has 1 unspecified atom stereocenters. The van der Waals surface area contributed by atoms with Gasteiger partial charge in [0.25, 0.3) is 5.56 Å². The second kappa shape index (κ2) is 9.67. The first-order valence-corrected chi connectivity index (χ1v) is 14.2. The molecular weight excluding hydrogens is 523 g/mol. The molecule has 1 aromatic carbocycles. The van der Waals surface area contributed by atoms with Gasteiger partial charge in [0.15, 0.2) is 6.29 Å². The Bertz CT molecular complexity index is 1590. The molecule has 0 aliphatic carbocycles. The molecule has 3 aliphatic heterocycles. The van der Waals surface area contributed by atoms with Crippen LogP contribution in [0.25, 0.3) is 22.3 Å². The Balaban J connectivity index is 1.56. The third-order valence-corrected chi connectivity index (χ3v) is 9.52. The Kier molecular flexibility index (Phi) is 6.54. The van der Waals surface area contributed by atoms with Gasteiger partial charge in [-0.15, -0.1) is 11.8 Å². The minimum Gasteiger partial charge on any atom is -0.380 e. The van der Waals surface area contributed by atoms with E-state index in [-0.39, 0.29) is 42.9 Å². The maximum atomic E-state index is 15.0. The number of benzene rings is 1. The Morgan fingerprint density at radius 1 is 1.36 bits per heavy atom. The molecular formula is C28H31FN4O5S. The fraction of sp³-hybridized carbons (Fsp3) is 0.464. The van der Waals surface area contributed by atoms with Crippen LogP contribution in [0, 0.1) is 12.7 Å².